The number of anilines is 4. The third-order valence-corrected chi connectivity index (χ3v) is 21.8. The van der Waals surface area contributed by atoms with Crippen LogP contribution < -0.4 is 35.6 Å². The fraction of sp³-hybridized carbons (Fsp3) is 0.341. The number of imidazole rings is 2. The Bertz CT molecular complexity index is 5350. The number of cyclic esters (lactones) is 2. The molecule has 6 aromatic heterocycles. The van der Waals surface area contributed by atoms with Gasteiger partial charge in [0, 0.05) is 95.8 Å². The number of pyridine rings is 2. The second-order valence-electron chi connectivity index (χ2n) is 29.0. The molecule has 576 valence electrons. The van der Waals surface area contributed by atoms with E-state index in [1.54, 1.807) is 24.3 Å². The fourth-order valence-electron chi connectivity index (χ4n) is 15.9. The lowest BCUT2D eigenvalue weighted by Gasteiger charge is -2.34. The number of imide groups is 2. The maximum Gasteiger partial charge on any atom is 0.411 e. The Hall–Kier alpha value is -12.7. The predicted molar refractivity (Wildman–Crippen MR) is 419 cm³/mol. The number of carbonyl (C=O) groups is 6. The van der Waals surface area contributed by atoms with Crippen molar-refractivity contribution in [2.24, 2.45) is 0 Å². The summed E-state index contributed by atoms with van der Waals surface area (Å²) in [5.41, 5.74) is 10.3. The number of nitrogens with zero attached hydrogens (tertiary/aromatic N) is 15. The highest BCUT2D eigenvalue weighted by atomic mass is 19.1. The number of aromatic nitrogens is 8. The Kier molecular flexibility index (Phi) is 22.1. The van der Waals surface area contributed by atoms with Crippen LogP contribution >= 0.6 is 0 Å². The van der Waals surface area contributed by atoms with E-state index in [2.05, 4.69) is 80.2 Å². The van der Waals surface area contributed by atoms with Crippen LogP contribution in [0.5, 0.6) is 0 Å². The van der Waals surface area contributed by atoms with Crippen LogP contribution in [-0.4, -0.2) is 187 Å². The van der Waals surface area contributed by atoms with Crippen molar-refractivity contribution >= 4 is 70.4 Å². The minimum Gasteiger partial charge on any atom is -0.439 e. The van der Waals surface area contributed by atoms with E-state index in [1.165, 1.54) is 21.9 Å². The predicted octanol–water partition coefficient (Wildman–Crippen LogP) is 10.2. The van der Waals surface area contributed by atoms with E-state index in [0.717, 1.165) is 188 Å². The van der Waals surface area contributed by atoms with Gasteiger partial charge in [0.15, 0.2) is 11.3 Å². The minimum atomic E-state index is -0.696. The van der Waals surface area contributed by atoms with Gasteiger partial charge in [0.1, 0.15) is 70.6 Å². The SMILES string of the molecule is CCC#Cc1ccc([C@H]2CN(C3CCC(=O)NC3=O)C(=O)O2)cc1.Fc1cccc([C@H]2CCCN2c2ccc3ncc(-c4cccc(N5CCNCC5)n4)n3n2)c1.O=C1CCC(N2C[C@H](c3ccc(C#CCN4CCN(c5cccc(-c6cnc7ccc(N8CCC[C@@H]8c8cccc(F)c8)nn67)n5)CC4)cc3)OC2=O)C(=O)N1. The van der Waals surface area contributed by atoms with E-state index in [9.17, 15) is 37.5 Å². The average Bonchev–Trinajstić information content (AvgIpc) is 1.68. The van der Waals surface area contributed by atoms with Crippen molar-refractivity contribution in [3.8, 4) is 46.5 Å². The van der Waals surface area contributed by atoms with Gasteiger partial charge in [-0.3, -0.25) is 44.5 Å². The summed E-state index contributed by atoms with van der Waals surface area (Å²) in [4.78, 5) is 105. The molecule has 28 heteroatoms. The van der Waals surface area contributed by atoms with E-state index in [1.807, 2.05) is 144 Å². The quantitative estimate of drug-likeness (QED) is 0.0715. The van der Waals surface area contributed by atoms with E-state index < -0.39 is 48.3 Å². The highest BCUT2D eigenvalue weighted by Crippen LogP contribution is 2.39. The molecule has 0 spiro atoms. The number of piperazine rings is 2. The van der Waals surface area contributed by atoms with Gasteiger partial charge in [0.05, 0.1) is 55.5 Å². The molecule has 0 aliphatic carbocycles. The van der Waals surface area contributed by atoms with Gasteiger partial charge in [-0.25, -0.2) is 47.3 Å². The average molecular weight is 1520 g/mol. The standard InChI is InChI=1S/C42H40FN9O4.C25H26FN7.C18H18N2O4/c43-31-7-1-6-30(25-31)33-9-4-20-50(33)39-17-16-37-44-26-35(52(37)47-39)32-8-2-10-38(45-32)49-23-21-48(22-24-49)19-3-5-28-11-13-29(14-12-28)36-27-51(42(55)56-36)34-15-18-40(53)46-41(34)54;26-19-5-1-4-18(16-19)21-7-3-13-32(21)25-10-9-23-28-17-22(33(23)30-25)20-6-2-8-24(29-20)31-14-11-27-12-15-31;1-2-3-4-12-5-7-13(8-6-12)15-11-20(18(23)24-15)14-9-10-16(21)19-17(14)22/h1-2,6-8,10-14,16-17,25-26,33-34,36H,4,9,15,18-24,27H2,(H,46,53,54);1-2,4-6,8-10,16-17,21,27H,3,7,11-15H2;5-8,14-15H,2,9-11H2,1H3,(H,19,21,22)/t33-,34?,36-;21-;14?,15-/m111/s1. The van der Waals surface area contributed by atoms with Crippen LogP contribution in [0.15, 0.2) is 170 Å². The summed E-state index contributed by atoms with van der Waals surface area (Å²) in [5, 5.41) is 17.9. The minimum absolute atomic E-state index is 0.0646. The van der Waals surface area contributed by atoms with Crippen LogP contribution in [0.3, 0.4) is 0 Å². The molecule has 10 aromatic rings. The molecule has 14 heterocycles. The molecule has 3 N–H and O–H groups in total. The first-order valence-electron chi connectivity index (χ1n) is 38.6. The van der Waals surface area contributed by atoms with Crippen molar-refractivity contribution in [1.29, 1.82) is 0 Å². The van der Waals surface area contributed by atoms with E-state index in [4.69, 9.17) is 29.6 Å². The Morgan fingerprint density at radius 3 is 1.38 bits per heavy atom. The van der Waals surface area contributed by atoms with Crippen molar-refractivity contribution in [3.63, 3.8) is 0 Å². The molecule has 0 bridgehead atoms. The lowest BCUT2D eigenvalue weighted by atomic mass is 10.0. The zero-order chi connectivity index (χ0) is 77.5. The van der Waals surface area contributed by atoms with Crippen molar-refractivity contribution < 1.29 is 47.0 Å². The van der Waals surface area contributed by atoms with Gasteiger partial charge in [-0.15, -0.1) is 10.2 Å². The number of hydrogen-bond donors (Lipinski definition) is 3. The third-order valence-electron chi connectivity index (χ3n) is 21.8. The zero-order valence-electron chi connectivity index (χ0n) is 62.4. The molecule has 113 heavy (non-hydrogen) atoms. The normalized spacial score (nSPS) is 21.2. The van der Waals surface area contributed by atoms with Gasteiger partial charge in [-0.1, -0.05) is 91.3 Å². The van der Waals surface area contributed by atoms with Crippen LogP contribution in [0.25, 0.3) is 34.1 Å². The number of nitrogens with one attached hydrogen (secondary N) is 3. The molecular formula is C85H84F2N18O8. The number of piperidine rings is 2. The number of hydrogen-bond acceptors (Lipinski definition) is 20. The summed E-state index contributed by atoms with van der Waals surface area (Å²) >= 11 is 0. The summed E-state index contributed by atoms with van der Waals surface area (Å²) in [6.07, 6.45) is 7.50. The van der Waals surface area contributed by atoms with E-state index in [-0.39, 0.29) is 54.9 Å². The Labute approximate surface area is 651 Å². The third kappa shape index (κ3) is 16.7. The van der Waals surface area contributed by atoms with Crippen LogP contribution in [0.1, 0.15) is 122 Å². The Morgan fingerprint density at radius 2 is 0.920 bits per heavy atom. The molecule has 26 nitrogen and oxygen atoms in total. The van der Waals surface area contributed by atoms with Crippen LogP contribution in [-0.2, 0) is 28.7 Å². The van der Waals surface area contributed by atoms with Crippen LogP contribution in [0.4, 0.5) is 41.6 Å². The van der Waals surface area contributed by atoms with Crippen molar-refractivity contribution in [3.05, 3.63) is 215 Å². The van der Waals surface area contributed by atoms with E-state index in [0.29, 0.717) is 25.9 Å². The molecule has 8 aliphatic rings. The lowest BCUT2D eigenvalue weighted by molar-refractivity contribution is -0.138. The fourth-order valence-corrected chi connectivity index (χ4v) is 15.9. The second-order valence-corrected chi connectivity index (χ2v) is 29.0. The van der Waals surface area contributed by atoms with Gasteiger partial charge in [-0.05, 0) is 158 Å². The van der Waals surface area contributed by atoms with Crippen molar-refractivity contribution in [2.75, 3.05) is 105 Å². The summed E-state index contributed by atoms with van der Waals surface area (Å²) in [5.74, 6) is 14.2. The first-order chi connectivity index (χ1) is 55.2. The number of fused-ring (bicyclic) bond motifs is 2. The van der Waals surface area contributed by atoms with E-state index >= 15 is 0 Å². The first kappa shape index (κ1) is 74.4. The van der Waals surface area contributed by atoms with Gasteiger partial charge < -0.3 is 34.4 Å². The number of halogens is 2. The summed E-state index contributed by atoms with van der Waals surface area (Å²) < 4.78 is 42.6. The molecule has 6 atom stereocenters. The topological polar surface area (TPSA) is 266 Å². The lowest BCUT2D eigenvalue weighted by Crippen LogP contribution is -2.52. The Balaban J connectivity index is 0.000000142. The van der Waals surface area contributed by atoms with Gasteiger partial charge >= 0.3 is 12.2 Å². The smallest absolute Gasteiger partial charge is 0.411 e. The second kappa shape index (κ2) is 33.5. The Morgan fingerprint density at radius 1 is 0.460 bits per heavy atom. The van der Waals surface area contributed by atoms with Gasteiger partial charge in [-0.2, -0.15) is 0 Å². The molecule has 6 amide bonds. The molecule has 4 aromatic carbocycles. The summed E-state index contributed by atoms with van der Waals surface area (Å²) in [6.45, 7) is 12.1. The molecular weight excluding hydrogens is 1440 g/mol. The largest absolute Gasteiger partial charge is 0.439 e. The molecule has 8 aliphatic heterocycles. The molecule has 2 unspecified atom stereocenters. The molecule has 18 rings (SSSR count). The van der Waals surface area contributed by atoms with Crippen LogP contribution in [0.2, 0.25) is 0 Å². The number of rotatable bonds is 13. The van der Waals surface area contributed by atoms with Gasteiger partial charge in [0.2, 0.25) is 23.6 Å². The van der Waals surface area contributed by atoms with Gasteiger partial charge in [0.25, 0.3) is 0 Å². The van der Waals surface area contributed by atoms with Crippen molar-refractivity contribution in [1.82, 2.24) is 69.8 Å². The zero-order valence-corrected chi connectivity index (χ0v) is 62.4. The maximum atomic E-state index is 14.1. The maximum absolute atomic E-state index is 14.1. The number of ether oxygens (including phenoxy) is 2. The number of benzene rings is 4. The number of carbonyl (C=O) groups excluding carboxylic acids is 6. The molecule has 0 saturated carbocycles. The van der Waals surface area contributed by atoms with Crippen LogP contribution in [0, 0.1) is 35.3 Å². The molecule has 8 fully saturated rings. The highest BCUT2D eigenvalue weighted by molar-refractivity contribution is 6.02. The number of amides is 6. The summed E-state index contributed by atoms with van der Waals surface area (Å²) in [7, 11) is 0. The summed E-state index contributed by atoms with van der Waals surface area (Å²) in [6, 6.07) is 47.9. The molecule has 8 saturated heterocycles. The monoisotopic (exact) mass is 1520 g/mol. The van der Waals surface area contributed by atoms with Crippen molar-refractivity contribution in [2.45, 2.75) is 101 Å². The highest BCUT2D eigenvalue weighted by Gasteiger charge is 2.44. The molecule has 0 radical (unpaired) electrons. The first-order valence-corrected chi connectivity index (χ1v) is 38.6.